The van der Waals surface area contributed by atoms with Gasteiger partial charge in [0.1, 0.15) is 0 Å². The summed E-state index contributed by atoms with van der Waals surface area (Å²) in [5.74, 6) is 0. The number of aromatic nitrogens is 1. The molecule has 0 aromatic carbocycles. The van der Waals surface area contributed by atoms with E-state index < -0.39 is 0 Å². The van der Waals surface area contributed by atoms with Crippen LogP contribution in [0, 0.1) is 13.2 Å². The first-order chi connectivity index (χ1) is 7.93. The molecule has 1 heterocycles. The second-order valence-electron chi connectivity index (χ2n) is 3.68. The van der Waals surface area contributed by atoms with Crippen molar-refractivity contribution in [2.24, 2.45) is 0 Å². The summed E-state index contributed by atoms with van der Waals surface area (Å²) < 4.78 is 0. The van der Waals surface area contributed by atoms with Gasteiger partial charge in [0.25, 0.3) is 0 Å². The van der Waals surface area contributed by atoms with Crippen molar-refractivity contribution in [3.05, 3.63) is 37.1 Å². The molecule has 1 aromatic rings. The van der Waals surface area contributed by atoms with Gasteiger partial charge in [-0.1, -0.05) is 18.9 Å². The van der Waals surface area contributed by atoms with Crippen LogP contribution >= 0.6 is 0 Å². The number of rotatable bonds is 9. The van der Waals surface area contributed by atoms with Crippen LogP contribution in [0.1, 0.15) is 31.4 Å². The summed E-state index contributed by atoms with van der Waals surface area (Å²) in [5, 5.41) is 8.00. The summed E-state index contributed by atoms with van der Waals surface area (Å²) >= 11 is 0. The van der Waals surface area contributed by atoms with Crippen LogP contribution in [0.4, 0.5) is 0 Å². The highest BCUT2D eigenvalue weighted by Gasteiger charge is 1.94. The summed E-state index contributed by atoms with van der Waals surface area (Å²) in [6, 6.07) is 5.71. The third-order valence-electron chi connectivity index (χ3n) is 2.29. The fourth-order valence-corrected chi connectivity index (χ4v) is 1.42. The normalized spacial score (nSPS) is 10.6. The lowest BCUT2D eigenvalue weighted by atomic mass is 10.2. The molecule has 0 bridgehead atoms. The van der Waals surface area contributed by atoms with Gasteiger partial charge >= 0.3 is 0 Å². The maximum Gasteiger partial charge on any atom is 0.0890 e. The van der Waals surface area contributed by atoms with Crippen molar-refractivity contribution in [2.75, 3.05) is 13.1 Å². The molecule has 3 nitrogen and oxygen atoms in total. The maximum atomic E-state index is 5.05. The molecule has 0 amide bonds. The lowest BCUT2D eigenvalue weighted by Gasteiger charge is -2.02. The van der Waals surface area contributed by atoms with Gasteiger partial charge in [-0.2, -0.15) is 0 Å². The molecule has 0 saturated heterocycles. The van der Waals surface area contributed by atoms with Crippen molar-refractivity contribution in [2.45, 2.75) is 32.2 Å². The van der Waals surface area contributed by atoms with E-state index in [1.54, 1.807) is 6.07 Å². The van der Waals surface area contributed by atoms with Gasteiger partial charge in [-0.05, 0) is 25.0 Å². The van der Waals surface area contributed by atoms with Crippen molar-refractivity contribution in [1.29, 1.82) is 0 Å². The molecule has 16 heavy (non-hydrogen) atoms. The van der Waals surface area contributed by atoms with Crippen molar-refractivity contribution in [1.82, 2.24) is 15.6 Å². The first-order valence-corrected chi connectivity index (χ1v) is 5.75. The maximum absolute atomic E-state index is 5.05. The van der Waals surface area contributed by atoms with Crippen LogP contribution in [0.2, 0.25) is 0 Å². The standard InChI is InChI=1S/C13H18N3/c1-14-9-5-2-3-6-10-15-12-13-8-4-7-11-16-13/h1,4,7-8H,2-3,5-6,9-10,12H2. The van der Waals surface area contributed by atoms with Gasteiger partial charge in [0.05, 0.1) is 25.5 Å². The average Bonchev–Trinajstić information content (AvgIpc) is 2.34. The third-order valence-corrected chi connectivity index (χ3v) is 2.29. The van der Waals surface area contributed by atoms with Gasteiger partial charge in [0.2, 0.25) is 0 Å². The zero-order valence-corrected chi connectivity index (χ0v) is 9.60. The van der Waals surface area contributed by atoms with Gasteiger partial charge in [-0.3, -0.25) is 0 Å². The van der Waals surface area contributed by atoms with Gasteiger partial charge < -0.3 is 0 Å². The lowest BCUT2D eigenvalue weighted by Crippen LogP contribution is -2.07. The molecule has 0 spiro atoms. The zero-order chi connectivity index (χ0) is 11.5. The molecule has 0 fully saturated rings. The molecular formula is C13H18N3. The van der Waals surface area contributed by atoms with E-state index >= 15 is 0 Å². The minimum atomic E-state index is 0.704. The van der Waals surface area contributed by atoms with Crippen LogP contribution in [0.5, 0.6) is 0 Å². The number of nitrogens with zero attached hydrogens (tertiary/aromatic N) is 3. The molecule has 3 heteroatoms. The van der Waals surface area contributed by atoms with Crippen LogP contribution in [-0.2, 0) is 6.54 Å². The zero-order valence-electron chi connectivity index (χ0n) is 9.60. The highest BCUT2D eigenvalue weighted by molar-refractivity contribution is 5.01. The summed E-state index contributed by atoms with van der Waals surface area (Å²) in [6.07, 6.45) is 7.42. The van der Waals surface area contributed by atoms with E-state index in [4.69, 9.17) is 7.05 Å². The molecule has 0 N–H and O–H groups in total. The number of pyridine rings is 1. The molecule has 0 aliphatic rings. The van der Waals surface area contributed by atoms with Crippen LogP contribution in [0.25, 0.3) is 0 Å². The molecule has 1 rings (SSSR count). The smallest absolute Gasteiger partial charge is 0.0890 e. The van der Waals surface area contributed by atoms with Crippen LogP contribution < -0.4 is 10.6 Å². The van der Waals surface area contributed by atoms with Crippen LogP contribution in [-0.4, -0.2) is 18.1 Å². The van der Waals surface area contributed by atoms with Crippen molar-refractivity contribution >= 4 is 0 Å². The highest BCUT2D eigenvalue weighted by atomic mass is 14.9. The molecule has 0 atom stereocenters. The first kappa shape index (κ1) is 13.1. The summed E-state index contributed by atoms with van der Waals surface area (Å²) in [6.45, 7) is 2.40. The predicted octanol–water partition coefficient (Wildman–Crippen LogP) is 1.82. The van der Waals surface area contributed by atoms with Crippen molar-refractivity contribution < 1.29 is 0 Å². The molecule has 0 aliphatic carbocycles. The summed E-state index contributed by atoms with van der Waals surface area (Å²) in [7, 11) is 5.05. The average molecular weight is 216 g/mol. The number of unbranched alkanes of at least 4 members (excludes halogenated alkanes) is 3. The van der Waals surface area contributed by atoms with Crippen molar-refractivity contribution in [3.8, 4) is 0 Å². The molecule has 85 valence electrons. The summed E-state index contributed by atoms with van der Waals surface area (Å²) in [4.78, 5) is 4.09. The van der Waals surface area contributed by atoms with E-state index in [9.17, 15) is 0 Å². The molecule has 0 unspecified atom stereocenters. The molecule has 5 radical (unpaired) electrons. The molecule has 1 aromatic heterocycles. The fraction of sp³-hybridized carbons (Fsp3) is 0.538. The Morgan fingerprint density at radius 3 is 2.69 bits per heavy atom. The quantitative estimate of drug-likeness (QED) is 0.580. The SMILES string of the molecule is [CH][N]CCCCCC[N]Cc1ccc[c]n1. The van der Waals surface area contributed by atoms with Gasteiger partial charge in [-0.25, -0.2) is 15.6 Å². The molecule has 0 saturated carbocycles. The molecular weight excluding hydrogens is 198 g/mol. The Morgan fingerprint density at radius 2 is 2.00 bits per heavy atom. The fourth-order valence-electron chi connectivity index (χ4n) is 1.42. The van der Waals surface area contributed by atoms with E-state index in [-0.39, 0.29) is 0 Å². The Bertz CT molecular complexity index is 249. The largest absolute Gasteiger partial charge is 0.250 e. The number of hydrogen-bond donors (Lipinski definition) is 0. The van der Waals surface area contributed by atoms with E-state index in [0.717, 1.165) is 31.6 Å². The third kappa shape index (κ3) is 6.53. The Balaban J connectivity index is 1.89. The van der Waals surface area contributed by atoms with Crippen LogP contribution in [0.3, 0.4) is 0 Å². The Hall–Kier alpha value is -0.930. The van der Waals surface area contributed by atoms with E-state index in [1.165, 1.54) is 12.8 Å². The van der Waals surface area contributed by atoms with E-state index in [2.05, 4.69) is 21.8 Å². The first-order valence-electron chi connectivity index (χ1n) is 5.75. The highest BCUT2D eigenvalue weighted by Crippen LogP contribution is 1.99. The van der Waals surface area contributed by atoms with Gasteiger partial charge in [0.15, 0.2) is 0 Å². The molecule has 0 aliphatic heterocycles. The topological polar surface area (TPSA) is 41.1 Å². The van der Waals surface area contributed by atoms with Crippen molar-refractivity contribution in [3.63, 3.8) is 0 Å². The number of hydrogen-bond acceptors (Lipinski definition) is 1. The monoisotopic (exact) mass is 216 g/mol. The summed E-state index contributed by atoms with van der Waals surface area (Å²) in [5.41, 5.74) is 0.990. The predicted molar refractivity (Wildman–Crippen MR) is 63.5 cm³/mol. The van der Waals surface area contributed by atoms with Gasteiger partial charge in [0, 0.05) is 13.1 Å². The Labute approximate surface area is 98.7 Å². The van der Waals surface area contributed by atoms with Gasteiger partial charge in [-0.15, -0.1) is 0 Å². The van der Waals surface area contributed by atoms with Crippen LogP contribution in [0.15, 0.2) is 18.2 Å². The van der Waals surface area contributed by atoms with E-state index in [1.807, 2.05) is 12.1 Å². The lowest BCUT2D eigenvalue weighted by molar-refractivity contribution is 0.570. The second-order valence-corrected chi connectivity index (χ2v) is 3.68. The minimum absolute atomic E-state index is 0.704. The Kier molecular flexibility index (Phi) is 7.64. The Morgan fingerprint density at radius 1 is 1.19 bits per heavy atom. The second kappa shape index (κ2) is 9.31. The van der Waals surface area contributed by atoms with E-state index in [0.29, 0.717) is 6.54 Å². The minimum Gasteiger partial charge on any atom is -0.250 e.